The van der Waals surface area contributed by atoms with Gasteiger partial charge in [-0.1, -0.05) is 23.7 Å². The number of halogens is 1. The number of rotatable bonds is 7. The van der Waals surface area contributed by atoms with Crippen molar-refractivity contribution in [2.24, 2.45) is 0 Å². The molecule has 1 N–H and O–H groups in total. The van der Waals surface area contributed by atoms with Crippen molar-refractivity contribution >= 4 is 23.5 Å². The summed E-state index contributed by atoms with van der Waals surface area (Å²) in [4.78, 5) is 24.2. The normalized spacial score (nSPS) is 12.6. The molecule has 6 heteroatoms. The third kappa shape index (κ3) is 8.00. The van der Waals surface area contributed by atoms with Crippen LogP contribution in [0.4, 0.5) is 4.79 Å². The minimum Gasteiger partial charge on any atom is -0.444 e. The van der Waals surface area contributed by atoms with Crippen LogP contribution in [-0.2, 0) is 9.47 Å². The van der Waals surface area contributed by atoms with Crippen LogP contribution in [0, 0.1) is 0 Å². The van der Waals surface area contributed by atoms with E-state index in [1.54, 1.807) is 52.1 Å². The van der Waals surface area contributed by atoms with E-state index in [-0.39, 0.29) is 18.2 Å². The van der Waals surface area contributed by atoms with Gasteiger partial charge in [0.1, 0.15) is 5.60 Å². The van der Waals surface area contributed by atoms with Gasteiger partial charge in [0.2, 0.25) is 0 Å². The molecule has 0 saturated heterocycles. The van der Waals surface area contributed by atoms with Crippen molar-refractivity contribution in [3.63, 3.8) is 0 Å². The molecule has 1 unspecified atom stereocenters. The van der Waals surface area contributed by atoms with Gasteiger partial charge in [0.25, 0.3) is 0 Å². The fourth-order valence-electron chi connectivity index (χ4n) is 1.96. The number of carbonyl (C=O) groups excluding carboxylic acids is 2. The van der Waals surface area contributed by atoms with Gasteiger partial charge in [-0.25, -0.2) is 4.79 Å². The molecule has 23 heavy (non-hydrogen) atoms. The first-order valence-corrected chi connectivity index (χ1v) is 7.86. The third-order valence-electron chi connectivity index (χ3n) is 2.97. The molecule has 5 nitrogen and oxygen atoms in total. The largest absolute Gasteiger partial charge is 0.444 e. The summed E-state index contributed by atoms with van der Waals surface area (Å²) < 4.78 is 10.3. The topological polar surface area (TPSA) is 64.6 Å². The van der Waals surface area contributed by atoms with E-state index in [0.29, 0.717) is 23.6 Å². The van der Waals surface area contributed by atoms with Gasteiger partial charge in [-0.2, -0.15) is 0 Å². The van der Waals surface area contributed by atoms with E-state index in [4.69, 9.17) is 21.1 Å². The molecule has 0 aliphatic carbocycles. The Hall–Kier alpha value is -1.59. The van der Waals surface area contributed by atoms with Crippen LogP contribution in [0.15, 0.2) is 24.3 Å². The van der Waals surface area contributed by atoms with Crippen molar-refractivity contribution in [1.29, 1.82) is 0 Å². The number of carbonyl (C=O) groups is 2. The highest BCUT2D eigenvalue weighted by atomic mass is 35.5. The number of hydrogen-bond donors (Lipinski definition) is 1. The number of alkyl carbamates (subject to hydrolysis) is 1. The Bertz CT molecular complexity index is 540. The zero-order valence-corrected chi connectivity index (χ0v) is 14.8. The average molecular weight is 342 g/mol. The Morgan fingerprint density at radius 3 is 2.57 bits per heavy atom. The molecule has 0 heterocycles. The van der Waals surface area contributed by atoms with Crippen LogP contribution >= 0.6 is 11.6 Å². The first-order valence-electron chi connectivity index (χ1n) is 7.48. The zero-order valence-electron chi connectivity index (χ0n) is 14.0. The number of benzene rings is 1. The fraction of sp³-hybridized carbons (Fsp3) is 0.529. The molecular formula is C17H24ClNO4. The second-order valence-corrected chi connectivity index (χ2v) is 6.70. The first kappa shape index (κ1) is 19.5. The second kappa shape index (κ2) is 8.89. The van der Waals surface area contributed by atoms with Crippen molar-refractivity contribution in [2.45, 2.75) is 45.3 Å². The summed E-state index contributed by atoms with van der Waals surface area (Å²) in [6, 6.07) is 6.39. The summed E-state index contributed by atoms with van der Waals surface area (Å²) in [6.07, 6.45) is 0.128. The summed E-state index contributed by atoms with van der Waals surface area (Å²) in [6.45, 7) is 5.79. The van der Waals surface area contributed by atoms with Crippen LogP contribution in [0.2, 0.25) is 5.02 Å². The van der Waals surface area contributed by atoms with Crippen LogP contribution in [0.5, 0.6) is 0 Å². The number of ketones is 1. The van der Waals surface area contributed by atoms with Crippen LogP contribution in [0.3, 0.4) is 0 Å². The molecule has 1 aromatic rings. The summed E-state index contributed by atoms with van der Waals surface area (Å²) >= 11 is 5.90. The van der Waals surface area contributed by atoms with E-state index in [1.807, 2.05) is 0 Å². The molecule has 1 atom stereocenters. The fourth-order valence-corrected chi connectivity index (χ4v) is 2.15. The van der Waals surface area contributed by atoms with Crippen molar-refractivity contribution in [1.82, 2.24) is 5.32 Å². The standard InChI is InChI=1S/C17H24ClNO4/c1-17(2,3)23-16(21)19-14(8-9-22-4)11-15(20)12-6-5-7-13(18)10-12/h5-7,10,14H,8-9,11H2,1-4H3,(H,19,21). The Morgan fingerprint density at radius 1 is 1.30 bits per heavy atom. The van der Waals surface area contributed by atoms with E-state index in [9.17, 15) is 9.59 Å². The quantitative estimate of drug-likeness (QED) is 0.765. The molecule has 0 aromatic heterocycles. The number of Topliss-reactive ketones (excluding diaryl/α,β-unsaturated/α-hetero) is 1. The Kier molecular flexibility index (Phi) is 7.52. The highest BCUT2D eigenvalue weighted by Gasteiger charge is 2.21. The van der Waals surface area contributed by atoms with E-state index in [2.05, 4.69) is 5.32 Å². The summed E-state index contributed by atoms with van der Waals surface area (Å²) in [5.41, 5.74) is -0.0711. The Labute approximate surface area is 142 Å². The molecule has 0 saturated carbocycles. The van der Waals surface area contributed by atoms with E-state index in [0.717, 1.165) is 0 Å². The van der Waals surface area contributed by atoms with E-state index >= 15 is 0 Å². The molecule has 0 fully saturated rings. The van der Waals surface area contributed by atoms with Crippen LogP contribution < -0.4 is 5.32 Å². The van der Waals surface area contributed by atoms with Crippen molar-refractivity contribution < 1.29 is 19.1 Å². The van der Waals surface area contributed by atoms with Crippen molar-refractivity contribution in [3.05, 3.63) is 34.9 Å². The lowest BCUT2D eigenvalue weighted by molar-refractivity contribution is 0.0490. The number of hydrogen-bond acceptors (Lipinski definition) is 4. The number of ether oxygens (including phenoxy) is 2. The highest BCUT2D eigenvalue weighted by molar-refractivity contribution is 6.31. The van der Waals surface area contributed by atoms with Crippen LogP contribution in [0.1, 0.15) is 44.0 Å². The molecule has 0 spiro atoms. The van der Waals surface area contributed by atoms with Crippen molar-refractivity contribution in [3.8, 4) is 0 Å². The molecule has 0 bridgehead atoms. The maximum absolute atomic E-state index is 12.3. The van der Waals surface area contributed by atoms with Gasteiger partial charge in [0.05, 0.1) is 0 Å². The van der Waals surface area contributed by atoms with Crippen LogP contribution in [0.25, 0.3) is 0 Å². The third-order valence-corrected chi connectivity index (χ3v) is 3.20. The Morgan fingerprint density at radius 2 is 2.00 bits per heavy atom. The van der Waals surface area contributed by atoms with Gasteiger partial charge in [0, 0.05) is 36.8 Å². The molecule has 0 radical (unpaired) electrons. The number of nitrogens with one attached hydrogen (secondary N) is 1. The van der Waals surface area contributed by atoms with Gasteiger partial charge in [-0.3, -0.25) is 4.79 Å². The maximum atomic E-state index is 12.3. The lowest BCUT2D eigenvalue weighted by Gasteiger charge is -2.23. The van der Waals surface area contributed by atoms with E-state index in [1.165, 1.54) is 0 Å². The lowest BCUT2D eigenvalue weighted by Crippen LogP contribution is -2.40. The molecule has 1 amide bonds. The van der Waals surface area contributed by atoms with Gasteiger partial charge >= 0.3 is 6.09 Å². The smallest absolute Gasteiger partial charge is 0.407 e. The molecule has 128 valence electrons. The van der Waals surface area contributed by atoms with Gasteiger partial charge in [-0.05, 0) is 39.3 Å². The monoisotopic (exact) mass is 341 g/mol. The molecule has 0 aliphatic heterocycles. The van der Waals surface area contributed by atoms with Crippen LogP contribution in [-0.4, -0.2) is 37.2 Å². The average Bonchev–Trinajstić information content (AvgIpc) is 2.42. The van der Waals surface area contributed by atoms with Crippen molar-refractivity contribution in [2.75, 3.05) is 13.7 Å². The predicted molar refractivity (Wildman–Crippen MR) is 90.1 cm³/mol. The predicted octanol–water partition coefficient (Wildman–Crippen LogP) is 3.84. The minimum atomic E-state index is -0.590. The Balaban J connectivity index is 2.70. The highest BCUT2D eigenvalue weighted by Crippen LogP contribution is 2.14. The maximum Gasteiger partial charge on any atom is 0.407 e. The lowest BCUT2D eigenvalue weighted by atomic mass is 10.0. The molecular weight excluding hydrogens is 318 g/mol. The summed E-state index contributed by atoms with van der Waals surface area (Å²) in [5, 5.41) is 3.23. The second-order valence-electron chi connectivity index (χ2n) is 6.26. The number of amides is 1. The van der Waals surface area contributed by atoms with E-state index < -0.39 is 11.7 Å². The molecule has 1 rings (SSSR count). The molecule has 0 aliphatic rings. The van der Waals surface area contributed by atoms with Gasteiger partial charge in [0.15, 0.2) is 5.78 Å². The van der Waals surface area contributed by atoms with Gasteiger partial charge in [-0.15, -0.1) is 0 Å². The molecule has 1 aromatic carbocycles. The number of methoxy groups -OCH3 is 1. The minimum absolute atomic E-state index is 0.0929. The zero-order chi connectivity index (χ0) is 17.5. The SMILES string of the molecule is COCCC(CC(=O)c1cccc(Cl)c1)NC(=O)OC(C)(C)C. The summed E-state index contributed by atoms with van der Waals surface area (Å²) in [7, 11) is 1.57. The van der Waals surface area contributed by atoms with Gasteiger partial charge < -0.3 is 14.8 Å². The summed E-state index contributed by atoms with van der Waals surface area (Å²) in [5.74, 6) is -0.0929. The first-order chi connectivity index (χ1) is 10.7.